The molecule has 9 aromatic rings. The van der Waals surface area contributed by atoms with Gasteiger partial charge in [0.2, 0.25) is 0 Å². The highest BCUT2D eigenvalue weighted by Crippen LogP contribution is 2.51. The Morgan fingerprint density at radius 2 is 1.17 bits per heavy atom. The Hall–Kier alpha value is -6.90. The number of allylic oxidation sites excluding steroid dienone is 3. The third kappa shape index (κ3) is 5.40. The van der Waals surface area contributed by atoms with Crippen LogP contribution in [0.4, 0.5) is 11.4 Å². The van der Waals surface area contributed by atoms with E-state index >= 15 is 0 Å². The topological polar surface area (TPSA) is 8.17 Å². The highest BCUT2D eigenvalue weighted by atomic mass is 15.1. The lowest BCUT2D eigenvalue weighted by atomic mass is 9.82. The van der Waals surface area contributed by atoms with Gasteiger partial charge in [0.05, 0.1) is 16.7 Å². The summed E-state index contributed by atoms with van der Waals surface area (Å²) in [4.78, 5) is 2.53. The molecule has 2 heteroatoms. The van der Waals surface area contributed by atoms with Crippen molar-refractivity contribution < 1.29 is 0 Å². The largest absolute Gasteiger partial charge is 0.310 e. The van der Waals surface area contributed by atoms with Crippen molar-refractivity contribution in [3.63, 3.8) is 0 Å². The zero-order valence-electron chi connectivity index (χ0n) is 33.2. The summed E-state index contributed by atoms with van der Waals surface area (Å²) in [7, 11) is 0. The van der Waals surface area contributed by atoms with Gasteiger partial charge in [-0.25, -0.2) is 0 Å². The lowest BCUT2D eigenvalue weighted by molar-refractivity contribution is 0.660. The van der Waals surface area contributed by atoms with Crippen molar-refractivity contribution in [1.29, 1.82) is 0 Å². The zero-order valence-corrected chi connectivity index (χ0v) is 33.2. The molecule has 0 fully saturated rings. The molecule has 11 rings (SSSR count). The van der Waals surface area contributed by atoms with Gasteiger partial charge in [0.15, 0.2) is 0 Å². The molecule has 1 unspecified atom stereocenters. The Morgan fingerprint density at radius 1 is 0.517 bits per heavy atom. The second kappa shape index (κ2) is 13.4. The van der Waals surface area contributed by atoms with Crippen molar-refractivity contribution in [1.82, 2.24) is 4.57 Å². The lowest BCUT2D eigenvalue weighted by Gasteiger charge is -2.33. The average molecular weight is 745 g/mol. The Bertz CT molecular complexity index is 3120. The molecule has 0 radical (unpaired) electrons. The van der Waals surface area contributed by atoms with Crippen molar-refractivity contribution in [2.24, 2.45) is 5.92 Å². The SMILES string of the molecule is CC1C=C(N(c2ccc3c(c2)C(C)(C)c2ccccc2-3)c2ccc(-c3ccc4c(c3)c3ccccc3n4-c3ccccc3)c3ccccc23)C=C(c2ccccc2)C1. The van der Waals surface area contributed by atoms with Gasteiger partial charge in [0.1, 0.15) is 0 Å². The molecule has 8 aromatic carbocycles. The van der Waals surface area contributed by atoms with Gasteiger partial charge in [-0.05, 0) is 117 Å². The first-order valence-electron chi connectivity index (χ1n) is 20.6. The van der Waals surface area contributed by atoms with E-state index in [2.05, 4.69) is 224 Å². The van der Waals surface area contributed by atoms with E-state index in [0.29, 0.717) is 5.92 Å². The van der Waals surface area contributed by atoms with E-state index in [0.717, 1.165) is 6.42 Å². The third-order valence-corrected chi connectivity index (χ3v) is 12.7. The molecule has 0 bridgehead atoms. The third-order valence-electron chi connectivity index (χ3n) is 12.7. The molecule has 0 saturated heterocycles. The van der Waals surface area contributed by atoms with Gasteiger partial charge >= 0.3 is 0 Å². The summed E-state index contributed by atoms with van der Waals surface area (Å²) in [5.74, 6) is 0.378. The molecule has 0 aliphatic heterocycles. The smallest absolute Gasteiger partial charge is 0.0541 e. The van der Waals surface area contributed by atoms with Crippen molar-refractivity contribution in [3.8, 4) is 27.9 Å². The van der Waals surface area contributed by atoms with E-state index in [1.54, 1.807) is 0 Å². The number of benzene rings is 8. The molecule has 2 aliphatic rings. The van der Waals surface area contributed by atoms with E-state index in [1.807, 2.05) is 0 Å². The van der Waals surface area contributed by atoms with Crippen LogP contribution in [0.25, 0.3) is 66.1 Å². The van der Waals surface area contributed by atoms with E-state index in [1.165, 1.54) is 99.9 Å². The molecule has 0 N–H and O–H groups in total. The minimum absolute atomic E-state index is 0.110. The van der Waals surface area contributed by atoms with E-state index in [4.69, 9.17) is 0 Å². The predicted octanol–water partition coefficient (Wildman–Crippen LogP) is 15.1. The molecule has 2 aliphatic carbocycles. The van der Waals surface area contributed by atoms with Crippen molar-refractivity contribution >= 4 is 49.5 Å². The van der Waals surface area contributed by atoms with Crippen molar-refractivity contribution in [2.45, 2.75) is 32.6 Å². The van der Waals surface area contributed by atoms with Gasteiger partial charge in [-0.3, -0.25) is 0 Å². The summed E-state index contributed by atoms with van der Waals surface area (Å²) in [5, 5.41) is 4.98. The molecule has 2 nitrogen and oxygen atoms in total. The Kier molecular flexibility index (Phi) is 7.91. The zero-order chi connectivity index (χ0) is 39.0. The Balaban J connectivity index is 1.11. The maximum atomic E-state index is 2.53. The summed E-state index contributed by atoms with van der Waals surface area (Å²) >= 11 is 0. The van der Waals surface area contributed by atoms with Gasteiger partial charge in [-0.2, -0.15) is 0 Å². The van der Waals surface area contributed by atoms with Gasteiger partial charge in [0.25, 0.3) is 0 Å². The van der Waals surface area contributed by atoms with Gasteiger partial charge in [-0.15, -0.1) is 0 Å². The van der Waals surface area contributed by atoms with Crippen LogP contribution in [0.3, 0.4) is 0 Å². The Labute approximate surface area is 340 Å². The average Bonchev–Trinajstić information content (AvgIpc) is 3.72. The molecule has 0 saturated carbocycles. The number of rotatable bonds is 6. The minimum atomic E-state index is -0.110. The maximum Gasteiger partial charge on any atom is 0.0541 e. The van der Waals surface area contributed by atoms with Crippen LogP contribution in [0.1, 0.15) is 43.9 Å². The van der Waals surface area contributed by atoms with Crippen LogP contribution in [0.15, 0.2) is 200 Å². The van der Waals surface area contributed by atoms with Crippen LogP contribution in [-0.2, 0) is 5.41 Å². The molecule has 58 heavy (non-hydrogen) atoms. The lowest BCUT2D eigenvalue weighted by Crippen LogP contribution is -2.20. The van der Waals surface area contributed by atoms with Crippen LogP contribution in [-0.4, -0.2) is 4.57 Å². The van der Waals surface area contributed by atoms with E-state index in [9.17, 15) is 0 Å². The molecule has 1 aromatic heterocycles. The summed E-state index contributed by atoms with van der Waals surface area (Å²) in [6.45, 7) is 7.10. The number of fused-ring (bicyclic) bond motifs is 7. The van der Waals surface area contributed by atoms with Gasteiger partial charge in [0, 0.05) is 38.6 Å². The number of anilines is 2. The second-order valence-corrected chi connectivity index (χ2v) is 16.6. The summed E-state index contributed by atoms with van der Waals surface area (Å²) < 4.78 is 2.39. The predicted molar refractivity (Wildman–Crippen MR) is 246 cm³/mol. The molecule has 1 heterocycles. The fraction of sp³-hybridized carbons (Fsp3) is 0.107. The van der Waals surface area contributed by atoms with Crippen LogP contribution in [0.2, 0.25) is 0 Å². The fourth-order valence-electron chi connectivity index (χ4n) is 9.96. The summed E-state index contributed by atoms with van der Waals surface area (Å²) in [6.07, 6.45) is 5.91. The first kappa shape index (κ1) is 34.4. The number of hydrogen-bond donors (Lipinski definition) is 0. The van der Waals surface area contributed by atoms with Crippen molar-refractivity contribution in [2.75, 3.05) is 4.90 Å². The molecule has 0 spiro atoms. The molecular formula is C56H44N2. The van der Waals surface area contributed by atoms with Gasteiger partial charge in [-0.1, -0.05) is 160 Å². The van der Waals surface area contributed by atoms with Gasteiger partial charge < -0.3 is 9.47 Å². The van der Waals surface area contributed by atoms with E-state index in [-0.39, 0.29) is 5.41 Å². The second-order valence-electron chi connectivity index (χ2n) is 16.6. The first-order chi connectivity index (χ1) is 28.4. The fourth-order valence-corrected chi connectivity index (χ4v) is 9.96. The number of hydrogen-bond acceptors (Lipinski definition) is 1. The van der Waals surface area contributed by atoms with E-state index < -0.39 is 0 Å². The first-order valence-corrected chi connectivity index (χ1v) is 20.6. The quantitative estimate of drug-likeness (QED) is 0.165. The number of nitrogens with zero attached hydrogens (tertiary/aromatic N) is 2. The molecule has 1 atom stereocenters. The van der Waals surface area contributed by atoms with Crippen LogP contribution in [0, 0.1) is 5.92 Å². The standard InChI is InChI=1S/C56H44N2/c1-37-32-40(38-16-6-4-7-17-38)34-43(33-37)57(42-27-28-47-46-21-12-14-24-51(46)56(2,3)52(47)36-42)54-31-29-44(45-20-10-11-22-48(45)54)39-26-30-55-50(35-39)49-23-13-15-25-53(49)58(55)41-18-8-5-9-19-41/h4-31,33-37H,32H2,1-3H3. The maximum absolute atomic E-state index is 2.53. The minimum Gasteiger partial charge on any atom is -0.310 e. The van der Waals surface area contributed by atoms with Crippen LogP contribution >= 0.6 is 0 Å². The molecule has 0 amide bonds. The number of aromatic nitrogens is 1. The highest BCUT2D eigenvalue weighted by Gasteiger charge is 2.36. The van der Waals surface area contributed by atoms with Crippen LogP contribution in [0.5, 0.6) is 0 Å². The summed E-state index contributed by atoms with van der Waals surface area (Å²) in [5.41, 5.74) is 17.6. The number of para-hydroxylation sites is 2. The normalized spacial score (nSPS) is 15.6. The van der Waals surface area contributed by atoms with Crippen LogP contribution < -0.4 is 4.90 Å². The monoisotopic (exact) mass is 744 g/mol. The molecule has 278 valence electrons. The molecular weight excluding hydrogens is 701 g/mol. The highest BCUT2D eigenvalue weighted by molar-refractivity contribution is 6.12. The summed E-state index contributed by atoms with van der Waals surface area (Å²) in [6, 6.07) is 67.2. The Morgan fingerprint density at radius 3 is 2.00 bits per heavy atom. The van der Waals surface area contributed by atoms with Crippen molar-refractivity contribution in [3.05, 3.63) is 217 Å².